The lowest BCUT2D eigenvalue weighted by Gasteiger charge is -2.31. The van der Waals surface area contributed by atoms with E-state index in [1.807, 2.05) is 7.05 Å². The van der Waals surface area contributed by atoms with Crippen molar-refractivity contribution < 1.29 is 0 Å². The van der Waals surface area contributed by atoms with Crippen LogP contribution in [0.2, 0.25) is 0 Å². The molecule has 2 unspecified atom stereocenters. The fourth-order valence-corrected chi connectivity index (χ4v) is 2.52. The standard InChI is InChI=1S/C13H25N5/c1-4-10(2)12-15-13(17-16-12)18-7-5-6-11(9-18)8-14-3/h10-11,14H,4-9H2,1-3H3,(H,15,16,17). The van der Waals surface area contributed by atoms with Crippen molar-refractivity contribution in [2.75, 3.05) is 31.6 Å². The minimum atomic E-state index is 0.462. The summed E-state index contributed by atoms with van der Waals surface area (Å²) in [6, 6.07) is 0. The molecule has 0 saturated carbocycles. The number of H-pyrrole nitrogens is 1. The molecule has 0 bridgehead atoms. The number of aromatic nitrogens is 3. The summed E-state index contributed by atoms with van der Waals surface area (Å²) in [7, 11) is 2.02. The average molecular weight is 251 g/mol. The number of aromatic amines is 1. The van der Waals surface area contributed by atoms with Crippen LogP contribution in [0.5, 0.6) is 0 Å². The number of nitrogens with zero attached hydrogens (tertiary/aromatic N) is 3. The molecule has 102 valence electrons. The maximum atomic E-state index is 4.64. The second kappa shape index (κ2) is 6.18. The zero-order valence-electron chi connectivity index (χ0n) is 11.7. The number of nitrogens with one attached hydrogen (secondary N) is 2. The van der Waals surface area contributed by atoms with E-state index in [9.17, 15) is 0 Å². The Bertz CT molecular complexity index is 360. The first-order valence-electron chi connectivity index (χ1n) is 7.06. The highest BCUT2D eigenvalue weighted by atomic mass is 15.4. The quantitative estimate of drug-likeness (QED) is 0.837. The SMILES string of the molecule is CCC(C)c1nc(N2CCCC(CNC)C2)n[nH]1. The molecule has 2 rings (SSSR count). The van der Waals surface area contributed by atoms with Gasteiger partial charge in [0.1, 0.15) is 5.82 Å². The van der Waals surface area contributed by atoms with Gasteiger partial charge in [-0.3, -0.25) is 5.10 Å². The third kappa shape index (κ3) is 3.02. The van der Waals surface area contributed by atoms with Crippen molar-refractivity contribution in [2.45, 2.75) is 39.0 Å². The van der Waals surface area contributed by atoms with E-state index in [1.54, 1.807) is 0 Å². The summed E-state index contributed by atoms with van der Waals surface area (Å²) >= 11 is 0. The molecule has 0 aromatic carbocycles. The average Bonchev–Trinajstić information content (AvgIpc) is 2.88. The van der Waals surface area contributed by atoms with Gasteiger partial charge < -0.3 is 10.2 Å². The minimum absolute atomic E-state index is 0.462. The highest BCUT2D eigenvalue weighted by Crippen LogP contribution is 2.22. The van der Waals surface area contributed by atoms with Crippen LogP contribution in [0.25, 0.3) is 0 Å². The zero-order chi connectivity index (χ0) is 13.0. The van der Waals surface area contributed by atoms with Gasteiger partial charge in [-0.1, -0.05) is 13.8 Å². The predicted octanol–water partition coefficient (Wildman–Crippen LogP) is 1.75. The molecule has 2 atom stereocenters. The van der Waals surface area contributed by atoms with Crippen LogP contribution in [0.1, 0.15) is 44.9 Å². The molecule has 0 amide bonds. The zero-order valence-corrected chi connectivity index (χ0v) is 11.7. The number of hydrogen-bond donors (Lipinski definition) is 2. The van der Waals surface area contributed by atoms with Crippen molar-refractivity contribution in [1.82, 2.24) is 20.5 Å². The number of piperidine rings is 1. The predicted molar refractivity (Wildman–Crippen MR) is 74.0 cm³/mol. The van der Waals surface area contributed by atoms with Crippen LogP contribution in [-0.2, 0) is 0 Å². The van der Waals surface area contributed by atoms with Crippen LogP contribution in [0.4, 0.5) is 5.95 Å². The molecular weight excluding hydrogens is 226 g/mol. The van der Waals surface area contributed by atoms with Gasteiger partial charge in [0.25, 0.3) is 0 Å². The third-order valence-electron chi connectivity index (χ3n) is 3.86. The Kier molecular flexibility index (Phi) is 4.58. The van der Waals surface area contributed by atoms with E-state index >= 15 is 0 Å². The number of anilines is 1. The van der Waals surface area contributed by atoms with Crippen molar-refractivity contribution in [3.05, 3.63) is 5.82 Å². The van der Waals surface area contributed by atoms with Crippen LogP contribution in [0.3, 0.4) is 0 Å². The van der Waals surface area contributed by atoms with Crippen LogP contribution < -0.4 is 10.2 Å². The number of hydrogen-bond acceptors (Lipinski definition) is 4. The lowest BCUT2D eigenvalue weighted by Crippen LogP contribution is -2.39. The molecular formula is C13H25N5. The van der Waals surface area contributed by atoms with Crippen molar-refractivity contribution in [3.8, 4) is 0 Å². The van der Waals surface area contributed by atoms with Gasteiger partial charge in [-0.25, -0.2) is 0 Å². The largest absolute Gasteiger partial charge is 0.339 e. The topological polar surface area (TPSA) is 56.8 Å². The summed E-state index contributed by atoms with van der Waals surface area (Å²) in [5, 5.41) is 10.7. The lowest BCUT2D eigenvalue weighted by molar-refractivity contribution is 0.399. The maximum absolute atomic E-state index is 4.64. The van der Waals surface area contributed by atoms with E-state index < -0.39 is 0 Å². The molecule has 1 fully saturated rings. The monoisotopic (exact) mass is 251 g/mol. The summed E-state index contributed by atoms with van der Waals surface area (Å²) < 4.78 is 0. The van der Waals surface area contributed by atoms with Crippen LogP contribution >= 0.6 is 0 Å². The smallest absolute Gasteiger partial charge is 0.244 e. The van der Waals surface area contributed by atoms with E-state index in [-0.39, 0.29) is 0 Å². The summed E-state index contributed by atoms with van der Waals surface area (Å²) in [6.45, 7) is 7.59. The van der Waals surface area contributed by atoms with Gasteiger partial charge >= 0.3 is 0 Å². The molecule has 1 saturated heterocycles. The second-order valence-electron chi connectivity index (χ2n) is 5.34. The summed E-state index contributed by atoms with van der Waals surface area (Å²) in [6.07, 6.45) is 3.64. The molecule has 0 radical (unpaired) electrons. The molecule has 2 heterocycles. The van der Waals surface area contributed by atoms with Gasteiger partial charge in [-0.2, -0.15) is 4.98 Å². The van der Waals surface area contributed by atoms with Gasteiger partial charge in [-0.15, -0.1) is 5.10 Å². The Hall–Kier alpha value is -1.10. The Morgan fingerprint density at radius 1 is 1.56 bits per heavy atom. The van der Waals surface area contributed by atoms with Crippen molar-refractivity contribution in [2.24, 2.45) is 5.92 Å². The maximum Gasteiger partial charge on any atom is 0.244 e. The van der Waals surface area contributed by atoms with Crippen molar-refractivity contribution in [1.29, 1.82) is 0 Å². The molecule has 18 heavy (non-hydrogen) atoms. The van der Waals surface area contributed by atoms with E-state index in [4.69, 9.17) is 0 Å². The summed E-state index contributed by atoms with van der Waals surface area (Å²) in [4.78, 5) is 6.95. The molecule has 0 aliphatic carbocycles. The summed E-state index contributed by atoms with van der Waals surface area (Å²) in [5.41, 5.74) is 0. The number of rotatable bonds is 5. The Morgan fingerprint density at radius 2 is 2.39 bits per heavy atom. The fraction of sp³-hybridized carbons (Fsp3) is 0.846. The first-order chi connectivity index (χ1) is 8.74. The van der Waals surface area contributed by atoms with Crippen molar-refractivity contribution >= 4 is 5.95 Å². The highest BCUT2D eigenvalue weighted by Gasteiger charge is 2.22. The van der Waals surface area contributed by atoms with Crippen LogP contribution in [-0.4, -0.2) is 41.9 Å². The first-order valence-corrected chi connectivity index (χ1v) is 7.06. The van der Waals surface area contributed by atoms with Crippen LogP contribution in [0.15, 0.2) is 0 Å². The lowest BCUT2D eigenvalue weighted by atomic mass is 9.98. The Labute approximate surface area is 109 Å². The molecule has 2 N–H and O–H groups in total. The van der Waals surface area contributed by atoms with Crippen LogP contribution in [0, 0.1) is 5.92 Å². The molecule has 1 aliphatic heterocycles. The molecule has 0 spiro atoms. The molecule has 5 heteroatoms. The van der Waals surface area contributed by atoms with Gasteiger partial charge in [0.15, 0.2) is 0 Å². The Balaban J connectivity index is 2.00. The van der Waals surface area contributed by atoms with Gasteiger partial charge in [0, 0.05) is 19.0 Å². The summed E-state index contributed by atoms with van der Waals surface area (Å²) in [5.74, 6) is 3.08. The third-order valence-corrected chi connectivity index (χ3v) is 3.86. The first kappa shape index (κ1) is 13.3. The van der Waals surface area contributed by atoms with E-state index in [0.717, 1.165) is 37.8 Å². The normalized spacial score (nSPS) is 22.2. The van der Waals surface area contributed by atoms with Gasteiger partial charge in [-0.05, 0) is 38.8 Å². The van der Waals surface area contributed by atoms with Gasteiger partial charge in [0.2, 0.25) is 5.95 Å². The van der Waals surface area contributed by atoms with Crippen molar-refractivity contribution in [3.63, 3.8) is 0 Å². The molecule has 5 nitrogen and oxygen atoms in total. The Morgan fingerprint density at radius 3 is 3.11 bits per heavy atom. The van der Waals surface area contributed by atoms with E-state index in [1.165, 1.54) is 12.8 Å². The molecule has 1 aliphatic rings. The van der Waals surface area contributed by atoms with E-state index in [2.05, 4.69) is 39.2 Å². The highest BCUT2D eigenvalue weighted by molar-refractivity contribution is 5.30. The second-order valence-corrected chi connectivity index (χ2v) is 5.34. The van der Waals surface area contributed by atoms with E-state index in [0.29, 0.717) is 11.8 Å². The minimum Gasteiger partial charge on any atom is -0.339 e. The fourth-order valence-electron chi connectivity index (χ4n) is 2.52. The van der Waals surface area contributed by atoms with Gasteiger partial charge in [0.05, 0.1) is 0 Å². The molecule has 1 aromatic heterocycles. The molecule has 1 aromatic rings.